The summed E-state index contributed by atoms with van der Waals surface area (Å²) in [6.45, 7) is 0. The average molecular weight is 308 g/mol. The summed E-state index contributed by atoms with van der Waals surface area (Å²) in [5.41, 5.74) is 0.861. The number of imidazole rings is 1. The van der Waals surface area contributed by atoms with Gasteiger partial charge in [0.25, 0.3) is 5.91 Å². The summed E-state index contributed by atoms with van der Waals surface area (Å²) in [6, 6.07) is 5.03. The topological polar surface area (TPSA) is 55.6 Å². The molecule has 0 aliphatic carbocycles. The molecular weight excluding hydrogens is 298 g/mol. The highest BCUT2D eigenvalue weighted by Crippen LogP contribution is 2.28. The number of methoxy groups -OCH3 is 1. The number of hydrogen-bond donors (Lipinski definition) is 1. The van der Waals surface area contributed by atoms with Crippen LogP contribution >= 0.6 is 22.9 Å². The minimum Gasteiger partial charge on any atom is -0.495 e. The lowest BCUT2D eigenvalue weighted by Gasteiger charge is -2.09. The summed E-state index contributed by atoms with van der Waals surface area (Å²) in [4.78, 5) is 17.2. The molecule has 0 unspecified atom stereocenters. The number of carbonyl (C=O) groups is 1. The predicted molar refractivity (Wildman–Crippen MR) is 79.0 cm³/mol. The van der Waals surface area contributed by atoms with E-state index in [0.29, 0.717) is 22.2 Å². The van der Waals surface area contributed by atoms with Gasteiger partial charge in [-0.05, 0) is 18.2 Å². The molecule has 0 spiro atoms. The molecule has 3 rings (SSSR count). The van der Waals surface area contributed by atoms with Crippen molar-refractivity contribution in [3.05, 3.63) is 46.7 Å². The maximum atomic E-state index is 12.2. The van der Waals surface area contributed by atoms with Gasteiger partial charge in [-0.3, -0.25) is 9.20 Å². The second kappa shape index (κ2) is 5.15. The number of hydrogen-bond acceptors (Lipinski definition) is 4. The maximum absolute atomic E-state index is 12.2. The molecule has 20 heavy (non-hydrogen) atoms. The third-order valence-electron chi connectivity index (χ3n) is 2.74. The van der Waals surface area contributed by atoms with Crippen LogP contribution in [0.15, 0.2) is 36.0 Å². The monoisotopic (exact) mass is 307 g/mol. The quantitative estimate of drug-likeness (QED) is 0.807. The van der Waals surface area contributed by atoms with Crippen LogP contribution in [0, 0.1) is 0 Å². The average Bonchev–Trinajstić information content (AvgIpc) is 2.99. The van der Waals surface area contributed by atoms with Crippen molar-refractivity contribution in [2.75, 3.05) is 12.4 Å². The zero-order chi connectivity index (χ0) is 14.1. The van der Waals surface area contributed by atoms with Crippen LogP contribution in [0.3, 0.4) is 0 Å². The summed E-state index contributed by atoms with van der Waals surface area (Å²) in [5.74, 6) is 0.241. The summed E-state index contributed by atoms with van der Waals surface area (Å²) < 4.78 is 6.98. The van der Waals surface area contributed by atoms with Crippen molar-refractivity contribution in [2.45, 2.75) is 0 Å². The maximum Gasteiger partial charge on any atom is 0.276 e. The first-order valence-corrected chi connectivity index (χ1v) is 7.00. The molecule has 0 fully saturated rings. The lowest BCUT2D eigenvalue weighted by Crippen LogP contribution is -2.13. The van der Waals surface area contributed by atoms with Crippen LogP contribution < -0.4 is 10.1 Å². The number of fused-ring (bicyclic) bond motifs is 1. The van der Waals surface area contributed by atoms with E-state index in [4.69, 9.17) is 16.3 Å². The largest absolute Gasteiger partial charge is 0.495 e. The number of carbonyl (C=O) groups excluding carboxylic acids is 1. The van der Waals surface area contributed by atoms with Crippen molar-refractivity contribution >= 4 is 39.5 Å². The number of benzene rings is 1. The summed E-state index contributed by atoms with van der Waals surface area (Å²) in [5, 5.41) is 5.18. The van der Waals surface area contributed by atoms with Gasteiger partial charge in [-0.1, -0.05) is 11.6 Å². The van der Waals surface area contributed by atoms with E-state index < -0.39 is 0 Å². The first-order valence-electron chi connectivity index (χ1n) is 5.74. The molecular formula is C13H10ClN3O2S. The number of rotatable bonds is 3. The number of aromatic nitrogens is 2. The van der Waals surface area contributed by atoms with Gasteiger partial charge in [-0.15, -0.1) is 11.3 Å². The van der Waals surface area contributed by atoms with Crippen LogP contribution in [0.2, 0.25) is 5.02 Å². The number of halogens is 1. The van der Waals surface area contributed by atoms with Crippen LogP contribution in [0.25, 0.3) is 4.96 Å². The Labute approximate surface area is 123 Å². The highest BCUT2D eigenvalue weighted by atomic mass is 35.5. The molecule has 102 valence electrons. The number of thiazole rings is 1. The van der Waals surface area contributed by atoms with Crippen molar-refractivity contribution in [2.24, 2.45) is 0 Å². The summed E-state index contributed by atoms with van der Waals surface area (Å²) in [7, 11) is 1.53. The van der Waals surface area contributed by atoms with Crippen LogP contribution in [-0.2, 0) is 0 Å². The second-order valence-corrected chi connectivity index (χ2v) is 5.33. The molecule has 0 radical (unpaired) electrons. The lowest BCUT2D eigenvalue weighted by molar-refractivity contribution is 0.102. The molecule has 0 atom stereocenters. The Hall–Kier alpha value is -2.05. The number of ether oxygens (including phenoxy) is 1. The Morgan fingerprint density at radius 3 is 3.10 bits per heavy atom. The third-order valence-corrected chi connectivity index (χ3v) is 3.74. The lowest BCUT2D eigenvalue weighted by atomic mass is 10.3. The van der Waals surface area contributed by atoms with Gasteiger partial charge < -0.3 is 10.1 Å². The van der Waals surface area contributed by atoms with Gasteiger partial charge in [-0.25, -0.2) is 4.98 Å². The fourth-order valence-electron chi connectivity index (χ4n) is 1.80. The Morgan fingerprint density at radius 2 is 2.35 bits per heavy atom. The minimum atomic E-state index is -0.304. The molecule has 5 nitrogen and oxygen atoms in total. The Kier molecular flexibility index (Phi) is 3.33. The summed E-state index contributed by atoms with van der Waals surface area (Å²) >= 11 is 7.39. The van der Waals surface area contributed by atoms with E-state index in [0.717, 1.165) is 4.96 Å². The molecule has 2 aromatic heterocycles. The molecule has 0 saturated heterocycles. The first-order chi connectivity index (χ1) is 9.67. The normalized spacial score (nSPS) is 10.7. The van der Waals surface area contributed by atoms with Crippen molar-refractivity contribution in [3.63, 3.8) is 0 Å². The molecule has 0 aliphatic rings. The van der Waals surface area contributed by atoms with Crippen LogP contribution in [0.1, 0.15) is 10.5 Å². The highest BCUT2D eigenvalue weighted by Gasteiger charge is 2.14. The third kappa shape index (κ3) is 2.35. The van der Waals surface area contributed by atoms with Crippen LogP contribution in [0.4, 0.5) is 5.69 Å². The van der Waals surface area contributed by atoms with E-state index in [1.807, 2.05) is 11.6 Å². The van der Waals surface area contributed by atoms with Crippen LogP contribution in [0.5, 0.6) is 5.75 Å². The Morgan fingerprint density at radius 1 is 1.50 bits per heavy atom. The number of nitrogens with zero attached hydrogens (tertiary/aromatic N) is 2. The van der Waals surface area contributed by atoms with Crippen molar-refractivity contribution < 1.29 is 9.53 Å². The van der Waals surface area contributed by atoms with E-state index >= 15 is 0 Å². The van der Waals surface area contributed by atoms with E-state index in [1.54, 1.807) is 28.8 Å². The zero-order valence-electron chi connectivity index (χ0n) is 10.5. The Balaban J connectivity index is 1.88. The number of anilines is 1. The standard InChI is InChI=1S/C13H10ClN3O2S/c1-19-11-3-2-8(14)6-9(11)15-12(18)10-7-17-4-5-20-13(17)16-10/h2-7H,1H3,(H,15,18). The molecule has 1 amide bonds. The van der Waals surface area contributed by atoms with Gasteiger partial charge in [-0.2, -0.15) is 0 Å². The van der Waals surface area contributed by atoms with E-state index in [9.17, 15) is 4.79 Å². The van der Waals surface area contributed by atoms with Crippen molar-refractivity contribution in [1.29, 1.82) is 0 Å². The van der Waals surface area contributed by atoms with Crippen LogP contribution in [-0.4, -0.2) is 22.4 Å². The van der Waals surface area contributed by atoms with E-state index in [1.165, 1.54) is 18.4 Å². The van der Waals surface area contributed by atoms with Gasteiger partial charge in [0.2, 0.25) is 0 Å². The molecule has 7 heteroatoms. The van der Waals surface area contributed by atoms with Gasteiger partial charge in [0.1, 0.15) is 11.4 Å². The molecule has 0 saturated carbocycles. The van der Waals surface area contributed by atoms with E-state index in [2.05, 4.69) is 10.3 Å². The van der Waals surface area contributed by atoms with Crippen molar-refractivity contribution in [1.82, 2.24) is 9.38 Å². The molecule has 0 bridgehead atoms. The van der Waals surface area contributed by atoms with Crippen molar-refractivity contribution in [3.8, 4) is 5.75 Å². The Bertz CT molecular complexity index is 752. The zero-order valence-corrected chi connectivity index (χ0v) is 12.0. The van der Waals surface area contributed by atoms with Gasteiger partial charge in [0.05, 0.1) is 12.8 Å². The fraction of sp³-hybridized carbons (Fsp3) is 0.0769. The van der Waals surface area contributed by atoms with Gasteiger partial charge in [0.15, 0.2) is 4.96 Å². The second-order valence-electron chi connectivity index (χ2n) is 4.02. The number of nitrogens with one attached hydrogen (secondary N) is 1. The smallest absolute Gasteiger partial charge is 0.276 e. The summed E-state index contributed by atoms with van der Waals surface area (Å²) in [6.07, 6.45) is 3.53. The van der Waals surface area contributed by atoms with Gasteiger partial charge >= 0.3 is 0 Å². The van der Waals surface area contributed by atoms with E-state index in [-0.39, 0.29) is 5.91 Å². The molecule has 3 aromatic rings. The highest BCUT2D eigenvalue weighted by molar-refractivity contribution is 7.15. The molecule has 2 heterocycles. The molecule has 1 N–H and O–H groups in total. The minimum absolute atomic E-state index is 0.304. The fourth-order valence-corrected chi connectivity index (χ4v) is 2.67. The molecule has 0 aliphatic heterocycles. The SMILES string of the molecule is COc1ccc(Cl)cc1NC(=O)c1cn2ccsc2n1. The number of amides is 1. The first kappa shape index (κ1) is 13.0. The van der Waals surface area contributed by atoms with Gasteiger partial charge in [0, 0.05) is 22.8 Å². The predicted octanol–water partition coefficient (Wildman–Crippen LogP) is 3.31. The molecule has 1 aromatic carbocycles.